The summed E-state index contributed by atoms with van der Waals surface area (Å²) >= 11 is 0. The molecule has 0 amide bonds. The number of nitrogens with zero attached hydrogens (tertiary/aromatic N) is 3. The average Bonchev–Trinajstić information content (AvgIpc) is 3.05. The molecule has 0 spiro atoms. The number of methoxy groups -OCH3 is 3. The van der Waals surface area contributed by atoms with Crippen LogP contribution in [0, 0.1) is 0 Å². The van der Waals surface area contributed by atoms with Gasteiger partial charge in [0.2, 0.25) is 11.4 Å². The number of hydrogen-bond donors (Lipinski definition) is 0. The fraction of sp³-hybridized carbons (Fsp3) is 0.333. The minimum absolute atomic E-state index is 0.0139. The van der Waals surface area contributed by atoms with Gasteiger partial charge in [0.15, 0.2) is 11.5 Å². The van der Waals surface area contributed by atoms with Crippen LogP contribution in [0.25, 0.3) is 16.9 Å². The Balaban J connectivity index is 2.17. The maximum Gasteiger partial charge on any atom is 0.258 e. The molecule has 25 heavy (non-hydrogen) atoms. The highest BCUT2D eigenvalue weighted by Gasteiger charge is 2.17. The van der Waals surface area contributed by atoms with Crippen LogP contribution >= 0.6 is 0 Å². The van der Waals surface area contributed by atoms with Crippen molar-refractivity contribution < 1.29 is 18.9 Å². The average molecular weight is 343 g/mol. The standard InChI is InChI=1S/C18H21N3O4/c1-11(2)25-18-17-20-10-13(21(17)7-6-19-18)12-8-14(22-3)16(24-5)15(9-12)23-4/h6-11H,1-5H3. The van der Waals surface area contributed by atoms with E-state index in [1.807, 2.05) is 36.6 Å². The molecule has 2 aromatic heterocycles. The van der Waals surface area contributed by atoms with Gasteiger partial charge in [0.25, 0.3) is 5.88 Å². The molecule has 0 aliphatic rings. The highest BCUT2D eigenvalue weighted by molar-refractivity contribution is 5.71. The molecule has 0 aliphatic carbocycles. The van der Waals surface area contributed by atoms with Crippen molar-refractivity contribution in [2.45, 2.75) is 20.0 Å². The number of rotatable bonds is 6. The van der Waals surface area contributed by atoms with E-state index in [1.54, 1.807) is 33.7 Å². The van der Waals surface area contributed by atoms with Crippen molar-refractivity contribution in [3.63, 3.8) is 0 Å². The van der Waals surface area contributed by atoms with Crippen LogP contribution in [0.1, 0.15) is 13.8 Å². The van der Waals surface area contributed by atoms with Crippen molar-refractivity contribution in [1.29, 1.82) is 0 Å². The molecular weight excluding hydrogens is 322 g/mol. The van der Waals surface area contributed by atoms with Crippen LogP contribution in [-0.4, -0.2) is 41.8 Å². The van der Waals surface area contributed by atoms with E-state index >= 15 is 0 Å². The minimum Gasteiger partial charge on any atom is -0.493 e. The number of imidazole rings is 1. The van der Waals surface area contributed by atoms with Crippen molar-refractivity contribution in [3.05, 3.63) is 30.7 Å². The van der Waals surface area contributed by atoms with E-state index in [-0.39, 0.29) is 6.10 Å². The molecule has 0 unspecified atom stereocenters. The molecule has 3 rings (SSSR count). The summed E-state index contributed by atoms with van der Waals surface area (Å²) in [7, 11) is 4.76. The second kappa shape index (κ2) is 6.88. The van der Waals surface area contributed by atoms with Gasteiger partial charge in [0.05, 0.1) is 39.3 Å². The zero-order valence-corrected chi connectivity index (χ0v) is 14.9. The van der Waals surface area contributed by atoms with Gasteiger partial charge >= 0.3 is 0 Å². The quantitative estimate of drug-likeness (QED) is 0.685. The first-order valence-corrected chi connectivity index (χ1v) is 7.88. The lowest BCUT2D eigenvalue weighted by molar-refractivity contribution is 0.234. The Hall–Kier alpha value is -2.96. The van der Waals surface area contributed by atoms with Gasteiger partial charge in [-0.05, 0) is 26.0 Å². The van der Waals surface area contributed by atoms with Gasteiger partial charge in [-0.2, -0.15) is 0 Å². The Morgan fingerprint density at radius 3 is 2.20 bits per heavy atom. The molecule has 1 aromatic carbocycles. The molecular formula is C18H21N3O4. The molecule has 3 aromatic rings. The first kappa shape index (κ1) is 16.9. The Kier molecular flexibility index (Phi) is 4.65. The molecule has 132 valence electrons. The summed E-state index contributed by atoms with van der Waals surface area (Å²) in [6, 6.07) is 3.77. The van der Waals surface area contributed by atoms with Crippen molar-refractivity contribution in [2.24, 2.45) is 0 Å². The zero-order valence-electron chi connectivity index (χ0n) is 14.9. The van der Waals surface area contributed by atoms with Crippen LogP contribution in [0.4, 0.5) is 0 Å². The third kappa shape index (κ3) is 3.05. The lowest BCUT2D eigenvalue weighted by atomic mass is 10.1. The minimum atomic E-state index is 0.0139. The third-order valence-corrected chi connectivity index (χ3v) is 3.70. The number of fused-ring (bicyclic) bond motifs is 1. The topological polar surface area (TPSA) is 67.1 Å². The van der Waals surface area contributed by atoms with Crippen molar-refractivity contribution >= 4 is 5.65 Å². The lowest BCUT2D eigenvalue weighted by Crippen LogP contribution is -2.08. The summed E-state index contributed by atoms with van der Waals surface area (Å²) in [6.45, 7) is 3.91. The Morgan fingerprint density at radius 2 is 1.64 bits per heavy atom. The summed E-state index contributed by atoms with van der Waals surface area (Å²) in [5.74, 6) is 2.21. The van der Waals surface area contributed by atoms with Crippen molar-refractivity contribution in [2.75, 3.05) is 21.3 Å². The summed E-state index contributed by atoms with van der Waals surface area (Å²) in [4.78, 5) is 8.74. The van der Waals surface area contributed by atoms with Gasteiger partial charge in [-0.3, -0.25) is 4.40 Å². The normalized spacial score (nSPS) is 11.0. The summed E-state index contributed by atoms with van der Waals surface area (Å²) < 4.78 is 23.9. The molecule has 0 aliphatic heterocycles. The number of benzene rings is 1. The maximum absolute atomic E-state index is 5.74. The molecule has 0 N–H and O–H groups in total. The summed E-state index contributed by atoms with van der Waals surface area (Å²) in [6.07, 6.45) is 5.31. The molecule has 0 bridgehead atoms. The van der Waals surface area contributed by atoms with Crippen LogP contribution in [0.2, 0.25) is 0 Å². The summed E-state index contributed by atoms with van der Waals surface area (Å²) in [5.41, 5.74) is 2.40. The molecule has 0 saturated heterocycles. The lowest BCUT2D eigenvalue weighted by Gasteiger charge is -2.14. The monoisotopic (exact) mass is 343 g/mol. The molecule has 2 heterocycles. The van der Waals surface area contributed by atoms with Gasteiger partial charge in [0.1, 0.15) is 0 Å². The molecule has 7 nitrogen and oxygen atoms in total. The van der Waals surface area contributed by atoms with E-state index in [9.17, 15) is 0 Å². The van der Waals surface area contributed by atoms with Gasteiger partial charge in [-0.15, -0.1) is 0 Å². The van der Waals surface area contributed by atoms with E-state index in [2.05, 4.69) is 9.97 Å². The maximum atomic E-state index is 5.74. The van der Waals surface area contributed by atoms with Crippen LogP contribution in [0.15, 0.2) is 30.7 Å². The fourth-order valence-corrected chi connectivity index (χ4v) is 2.64. The van der Waals surface area contributed by atoms with Crippen LogP contribution < -0.4 is 18.9 Å². The highest BCUT2D eigenvalue weighted by atomic mass is 16.5. The first-order chi connectivity index (χ1) is 12.1. The number of aromatic nitrogens is 3. The SMILES string of the molecule is COc1cc(-c2cnc3c(OC(C)C)nccn23)cc(OC)c1OC. The Morgan fingerprint density at radius 1 is 0.960 bits per heavy atom. The van der Waals surface area contributed by atoms with Gasteiger partial charge < -0.3 is 18.9 Å². The van der Waals surface area contributed by atoms with E-state index in [4.69, 9.17) is 18.9 Å². The van der Waals surface area contributed by atoms with E-state index in [1.165, 1.54) is 0 Å². The zero-order chi connectivity index (χ0) is 18.0. The highest BCUT2D eigenvalue weighted by Crippen LogP contribution is 2.41. The third-order valence-electron chi connectivity index (χ3n) is 3.70. The Bertz CT molecular complexity index is 864. The second-order valence-corrected chi connectivity index (χ2v) is 5.65. The molecule has 0 atom stereocenters. The van der Waals surface area contributed by atoms with E-state index in [0.29, 0.717) is 28.8 Å². The Labute approximate surface area is 146 Å². The summed E-state index contributed by atoms with van der Waals surface area (Å²) in [5, 5.41) is 0. The van der Waals surface area contributed by atoms with Gasteiger partial charge in [-0.25, -0.2) is 9.97 Å². The van der Waals surface area contributed by atoms with Crippen LogP contribution in [0.3, 0.4) is 0 Å². The predicted octanol–water partition coefficient (Wildman–Crippen LogP) is 3.21. The smallest absolute Gasteiger partial charge is 0.258 e. The molecule has 0 fully saturated rings. The van der Waals surface area contributed by atoms with Crippen molar-refractivity contribution in [3.8, 4) is 34.4 Å². The largest absolute Gasteiger partial charge is 0.493 e. The second-order valence-electron chi connectivity index (χ2n) is 5.65. The number of ether oxygens (including phenoxy) is 4. The van der Waals surface area contributed by atoms with Gasteiger partial charge in [-0.1, -0.05) is 0 Å². The van der Waals surface area contributed by atoms with Crippen LogP contribution in [-0.2, 0) is 0 Å². The number of hydrogen-bond acceptors (Lipinski definition) is 6. The fourth-order valence-electron chi connectivity index (χ4n) is 2.64. The van der Waals surface area contributed by atoms with Gasteiger partial charge in [0, 0.05) is 18.0 Å². The first-order valence-electron chi connectivity index (χ1n) is 7.88. The molecule has 7 heteroatoms. The van der Waals surface area contributed by atoms with E-state index in [0.717, 1.165) is 11.3 Å². The van der Waals surface area contributed by atoms with E-state index < -0.39 is 0 Å². The van der Waals surface area contributed by atoms with Crippen LogP contribution in [0.5, 0.6) is 23.1 Å². The molecule has 0 saturated carbocycles. The predicted molar refractivity (Wildman–Crippen MR) is 93.8 cm³/mol. The van der Waals surface area contributed by atoms with Crippen molar-refractivity contribution in [1.82, 2.24) is 14.4 Å². The molecule has 0 radical (unpaired) electrons.